The Morgan fingerprint density at radius 2 is 1.77 bits per heavy atom. The molecule has 0 aliphatic carbocycles. The van der Waals surface area contributed by atoms with E-state index in [2.05, 4.69) is 15.4 Å². The molecule has 11 heteroatoms. The van der Waals surface area contributed by atoms with Gasteiger partial charge in [-0.25, -0.2) is 9.07 Å². The molecule has 1 aliphatic heterocycles. The van der Waals surface area contributed by atoms with Gasteiger partial charge in [-0.15, -0.1) is 0 Å². The average Bonchev–Trinajstić information content (AvgIpc) is 3.12. The van der Waals surface area contributed by atoms with Crippen LogP contribution in [0.3, 0.4) is 0 Å². The van der Waals surface area contributed by atoms with Crippen LogP contribution < -0.4 is 5.32 Å². The van der Waals surface area contributed by atoms with E-state index >= 15 is 0 Å². The second kappa shape index (κ2) is 6.85. The summed E-state index contributed by atoms with van der Waals surface area (Å²) in [5.41, 5.74) is -2.65. The number of hydrogen-bond acceptors (Lipinski definition) is 3. The quantitative estimate of drug-likeness (QED) is 0.648. The number of amides is 1. The van der Waals surface area contributed by atoms with Gasteiger partial charge in [-0.1, -0.05) is 0 Å². The predicted molar refractivity (Wildman–Crippen MR) is 91.8 cm³/mol. The van der Waals surface area contributed by atoms with Crippen LogP contribution in [-0.2, 0) is 18.5 Å². The summed E-state index contributed by atoms with van der Waals surface area (Å²) in [5.74, 6) is -5.80. The molecule has 0 radical (unpaired) electrons. The fraction of sp³-hybridized carbons (Fsp3) is 0.211. The van der Waals surface area contributed by atoms with E-state index in [0.717, 1.165) is 12.3 Å². The maximum absolute atomic E-state index is 15.0. The number of pyridine rings is 1. The summed E-state index contributed by atoms with van der Waals surface area (Å²) in [4.78, 5) is 15.4. The first kappa shape index (κ1) is 19.9. The largest absolute Gasteiger partial charge is 0.416 e. The Labute approximate surface area is 165 Å². The van der Waals surface area contributed by atoms with Crippen LogP contribution >= 0.6 is 0 Å². The van der Waals surface area contributed by atoms with Crippen LogP contribution in [0.2, 0.25) is 0 Å². The highest BCUT2D eigenvalue weighted by Crippen LogP contribution is 2.39. The number of halogens is 6. The van der Waals surface area contributed by atoms with Crippen LogP contribution in [0, 0.1) is 5.82 Å². The Hall–Kier alpha value is -3.37. The standard InChI is InChI=1S/C19H12F6N4O/c20-12-6-10(5-11(7-12)19(23,24)25)18(21,22)16-8-13(1-3-26-16)29-15-2-4-27-17(30)14(15)9-28-29/h1,3,5-9H,2,4H2,(H,27,30). The van der Waals surface area contributed by atoms with Crippen molar-refractivity contribution < 1.29 is 31.1 Å². The van der Waals surface area contributed by atoms with E-state index in [9.17, 15) is 31.1 Å². The van der Waals surface area contributed by atoms with Crippen LogP contribution in [0.25, 0.3) is 5.69 Å². The maximum Gasteiger partial charge on any atom is 0.416 e. The van der Waals surface area contributed by atoms with E-state index in [0.29, 0.717) is 30.3 Å². The van der Waals surface area contributed by atoms with E-state index in [-0.39, 0.29) is 23.7 Å². The van der Waals surface area contributed by atoms with Crippen LogP contribution in [0.5, 0.6) is 0 Å². The van der Waals surface area contributed by atoms with E-state index in [1.54, 1.807) is 0 Å². The van der Waals surface area contributed by atoms with Crippen LogP contribution in [0.15, 0.2) is 42.7 Å². The monoisotopic (exact) mass is 426 g/mol. The number of nitrogens with zero attached hydrogens (tertiary/aromatic N) is 3. The number of benzene rings is 1. The summed E-state index contributed by atoms with van der Waals surface area (Å²) >= 11 is 0. The Kier molecular flexibility index (Phi) is 4.55. The lowest BCUT2D eigenvalue weighted by atomic mass is 10.0. The molecule has 4 rings (SSSR count). The van der Waals surface area contributed by atoms with Gasteiger partial charge >= 0.3 is 12.1 Å². The van der Waals surface area contributed by atoms with E-state index in [1.807, 2.05) is 0 Å². The SMILES string of the molecule is O=C1NCCc2c1cnn2-c1ccnc(C(F)(F)c2cc(F)cc(C(F)(F)F)c2)c1. The number of aromatic nitrogens is 3. The van der Waals surface area contributed by atoms with Gasteiger partial charge in [0.05, 0.1) is 28.7 Å². The van der Waals surface area contributed by atoms with Crippen molar-refractivity contribution in [2.24, 2.45) is 0 Å². The summed E-state index contributed by atoms with van der Waals surface area (Å²) in [6.07, 6.45) is -2.24. The lowest BCUT2D eigenvalue weighted by Gasteiger charge is -2.19. The summed E-state index contributed by atoms with van der Waals surface area (Å²) in [6, 6.07) is 2.98. The zero-order valence-corrected chi connectivity index (χ0v) is 15.0. The van der Waals surface area contributed by atoms with E-state index < -0.39 is 34.7 Å². The summed E-state index contributed by atoms with van der Waals surface area (Å²) in [7, 11) is 0. The van der Waals surface area contributed by atoms with Crippen molar-refractivity contribution in [3.8, 4) is 5.69 Å². The zero-order chi connectivity index (χ0) is 21.7. The molecule has 0 bridgehead atoms. The number of rotatable bonds is 3. The lowest BCUT2D eigenvalue weighted by molar-refractivity contribution is -0.138. The molecule has 3 aromatic rings. The van der Waals surface area contributed by atoms with Crippen LogP contribution in [0.1, 0.15) is 32.9 Å². The number of carbonyl (C=O) groups is 1. The molecule has 0 unspecified atom stereocenters. The highest BCUT2D eigenvalue weighted by atomic mass is 19.4. The third-order valence-corrected chi connectivity index (χ3v) is 4.66. The predicted octanol–water partition coefficient (Wildman–Crippen LogP) is 3.85. The summed E-state index contributed by atoms with van der Waals surface area (Å²) in [6.45, 7) is 0.342. The van der Waals surface area contributed by atoms with Gasteiger partial charge < -0.3 is 5.32 Å². The molecule has 30 heavy (non-hydrogen) atoms. The van der Waals surface area contributed by atoms with Crippen molar-refractivity contribution in [2.75, 3.05) is 6.54 Å². The van der Waals surface area contributed by atoms with E-state index in [4.69, 9.17) is 0 Å². The minimum atomic E-state index is -4.99. The molecular weight excluding hydrogens is 414 g/mol. The average molecular weight is 426 g/mol. The molecule has 1 amide bonds. The van der Waals surface area contributed by atoms with Gasteiger partial charge in [0.2, 0.25) is 0 Å². The highest BCUT2D eigenvalue weighted by Gasteiger charge is 2.40. The van der Waals surface area contributed by atoms with Crippen LogP contribution in [-0.4, -0.2) is 27.2 Å². The van der Waals surface area contributed by atoms with Crippen molar-refractivity contribution in [1.82, 2.24) is 20.1 Å². The van der Waals surface area contributed by atoms with Crippen molar-refractivity contribution >= 4 is 5.91 Å². The molecule has 0 saturated heterocycles. The third-order valence-electron chi connectivity index (χ3n) is 4.66. The molecule has 2 aromatic heterocycles. The molecule has 0 fully saturated rings. The Morgan fingerprint density at radius 1 is 1.03 bits per heavy atom. The van der Waals surface area contributed by atoms with Gasteiger partial charge in [0.15, 0.2) is 0 Å². The van der Waals surface area contributed by atoms with Gasteiger partial charge in [-0.2, -0.15) is 27.1 Å². The topological polar surface area (TPSA) is 59.8 Å². The minimum Gasteiger partial charge on any atom is -0.352 e. The molecule has 1 aliphatic rings. The van der Waals surface area contributed by atoms with Crippen molar-refractivity contribution in [1.29, 1.82) is 0 Å². The van der Waals surface area contributed by atoms with Crippen molar-refractivity contribution in [3.63, 3.8) is 0 Å². The number of nitrogens with one attached hydrogen (secondary N) is 1. The van der Waals surface area contributed by atoms with Gasteiger partial charge in [0.25, 0.3) is 5.91 Å². The molecule has 5 nitrogen and oxygen atoms in total. The molecule has 0 saturated carbocycles. The maximum atomic E-state index is 15.0. The van der Waals surface area contributed by atoms with Gasteiger partial charge in [-0.3, -0.25) is 9.78 Å². The molecule has 3 heterocycles. The lowest BCUT2D eigenvalue weighted by Crippen LogP contribution is -2.32. The second-order valence-corrected chi connectivity index (χ2v) is 6.62. The van der Waals surface area contributed by atoms with Gasteiger partial charge in [-0.05, 0) is 30.3 Å². The Balaban J connectivity index is 1.78. The normalized spacial score (nSPS) is 14.4. The smallest absolute Gasteiger partial charge is 0.352 e. The van der Waals surface area contributed by atoms with Crippen LogP contribution in [0.4, 0.5) is 26.3 Å². The second-order valence-electron chi connectivity index (χ2n) is 6.62. The van der Waals surface area contributed by atoms with Gasteiger partial charge in [0, 0.05) is 24.7 Å². The molecule has 1 aromatic carbocycles. The number of fused-ring (bicyclic) bond motifs is 1. The molecule has 156 valence electrons. The van der Waals surface area contributed by atoms with Crippen molar-refractivity contribution in [2.45, 2.75) is 18.5 Å². The minimum absolute atomic E-state index is 0.142. The molecule has 1 N–H and O–H groups in total. The number of alkyl halides is 5. The Bertz CT molecular complexity index is 1140. The van der Waals surface area contributed by atoms with Gasteiger partial charge in [0.1, 0.15) is 11.5 Å². The van der Waals surface area contributed by atoms with Crippen molar-refractivity contribution in [3.05, 3.63) is 76.6 Å². The molecule has 0 spiro atoms. The molecular formula is C19H12F6N4O. The first-order valence-corrected chi connectivity index (χ1v) is 8.65. The summed E-state index contributed by atoms with van der Waals surface area (Å²) in [5, 5.41) is 6.68. The first-order chi connectivity index (χ1) is 14.1. The number of hydrogen-bond donors (Lipinski definition) is 1. The Morgan fingerprint density at radius 3 is 2.50 bits per heavy atom. The highest BCUT2D eigenvalue weighted by molar-refractivity contribution is 5.96. The molecule has 0 atom stereocenters. The first-order valence-electron chi connectivity index (χ1n) is 8.65. The third kappa shape index (κ3) is 3.40. The fourth-order valence-corrected chi connectivity index (χ4v) is 3.22. The van der Waals surface area contributed by atoms with E-state index in [1.165, 1.54) is 16.9 Å². The fourth-order valence-electron chi connectivity index (χ4n) is 3.22. The zero-order valence-electron chi connectivity index (χ0n) is 15.0. The summed E-state index contributed by atoms with van der Waals surface area (Å²) < 4.78 is 83.6. The number of carbonyl (C=O) groups excluding carboxylic acids is 1.